The van der Waals surface area contributed by atoms with Gasteiger partial charge in [-0.25, -0.2) is 0 Å². The molecule has 0 aromatic heterocycles. The van der Waals surface area contributed by atoms with Crippen molar-refractivity contribution in [3.8, 4) is 6.07 Å². The third kappa shape index (κ3) is 2.30. The highest BCUT2D eigenvalue weighted by Gasteiger charge is 2.09. The van der Waals surface area contributed by atoms with Crippen LogP contribution in [0.2, 0.25) is 0 Å². The third-order valence-electron chi connectivity index (χ3n) is 2.08. The van der Waals surface area contributed by atoms with Gasteiger partial charge in [0.2, 0.25) is 0 Å². The summed E-state index contributed by atoms with van der Waals surface area (Å²) in [4.78, 5) is 0. The van der Waals surface area contributed by atoms with Crippen LogP contribution in [0.5, 0.6) is 0 Å². The van der Waals surface area contributed by atoms with E-state index in [2.05, 4.69) is 0 Å². The second-order valence-electron chi connectivity index (χ2n) is 3.24. The Morgan fingerprint density at radius 2 is 2.15 bits per heavy atom. The molecule has 0 heterocycles. The Bertz CT molecular complexity index is 338. The lowest BCUT2D eigenvalue weighted by atomic mass is 9.99. The minimum Gasteiger partial charge on any atom is -0.387 e. The van der Waals surface area contributed by atoms with Gasteiger partial charge in [0.25, 0.3) is 0 Å². The summed E-state index contributed by atoms with van der Waals surface area (Å²) in [5, 5.41) is 18.1. The van der Waals surface area contributed by atoms with Gasteiger partial charge in [-0.2, -0.15) is 5.26 Å². The van der Waals surface area contributed by atoms with Crippen LogP contribution in [0.1, 0.15) is 29.2 Å². The first-order chi connectivity index (χ1) is 6.15. The number of rotatable bonds is 2. The van der Waals surface area contributed by atoms with Crippen LogP contribution >= 0.6 is 0 Å². The second kappa shape index (κ2) is 4.06. The summed E-state index contributed by atoms with van der Waals surface area (Å²) in [7, 11) is 0. The van der Waals surface area contributed by atoms with Crippen molar-refractivity contribution in [2.45, 2.75) is 26.4 Å². The van der Waals surface area contributed by atoms with Crippen molar-refractivity contribution in [1.29, 1.82) is 5.26 Å². The number of aliphatic hydroxyl groups is 1. The first kappa shape index (κ1) is 9.76. The lowest BCUT2D eigenvalue weighted by Gasteiger charge is -2.10. The summed E-state index contributed by atoms with van der Waals surface area (Å²) in [6.07, 6.45) is -0.491. The average molecular weight is 175 g/mol. The zero-order chi connectivity index (χ0) is 9.84. The van der Waals surface area contributed by atoms with Crippen LogP contribution in [0, 0.1) is 25.2 Å². The van der Waals surface area contributed by atoms with Gasteiger partial charge in [0.15, 0.2) is 0 Å². The third-order valence-corrected chi connectivity index (χ3v) is 2.08. The molecule has 2 nitrogen and oxygen atoms in total. The van der Waals surface area contributed by atoms with E-state index in [0.29, 0.717) is 0 Å². The number of hydrogen-bond donors (Lipinski definition) is 1. The molecular formula is C11H13NO. The predicted octanol–water partition coefficient (Wildman–Crippen LogP) is 2.25. The Morgan fingerprint density at radius 3 is 2.77 bits per heavy atom. The molecule has 13 heavy (non-hydrogen) atoms. The van der Waals surface area contributed by atoms with Gasteiger partial charge in [-0.3, -0.25) is 0 Å². The molecule has 0 saturated carbocycles. The Balaban J connectivity index is 3.00. The fourth-order valence-corrected chi connectivity index (χ4v) is 1.32. The van der Waals surface area contributed by atoms with Gasteiger partial charge in [-0.1, -0.05) is 23.8 Å². The highest BCUT2D eigenvalue weighted by atomic mass is 16.3. The molecule has 1 aromatic carbocycles. The van der Waals surface area contributed by atoms with Gasteiger partial charge in [0.05, 0.1) is 18.6 Å². The van der Waals surface area contributed by atoms with Gasteiger partial charge < -0.3 is 5.11 Å². The van der Waals surface area contributed by atoms with E-state index < -0.39 is 6.10 Å². The first-order valence-electron chi connectivity index (χ1n) is 4.27. The van der Waals surface area contributed by atoms with Crippen LogP contribution in [0.4, 0.5) is 0 Å². The summed E-state index contributed by atoms with van der Waals surface area (Å²) in [6, 6.07) is 7.85. The van der Waals surface area contributed by atoms with Crippen molar-refractivity contribution >= 4 is 0 Å². The number of benzene rings is 1. The van der Waals surface area contributed by atoms with E-state index >= 15 is 0 Å². The highest BCUT2D eigenvalue weighted by Crippen LogP contribution is 2.21. The smallest absolute Gasteiger partial charge is 0.0922 e. The van der Waals surface area contributed by atoms with Crippen molar-refractivity contribution in [3.05, 3.63) is 34.9 Å². The van der Waals surface area contributed by atoms with Crippen molar-refractivity contribution in [2.24, 2.45) is 0 Å². The van der Waals surface area contributed by atoms with Gasteiger partial charge >= 0.3 is 0 Å². The molecule has 0 amide bonds. The largest absolute Gasteiger partial charge is 0.387 e. The molecule has 0 aliphatic rings. The van der Waals surface area contributed by atoms with E-state index in [1.165, 1.54) is 0 Å². The molecule has 1 aromatic rings. The topological polar surface area (TPSA) is 44.0 Å². The normalized spacial score (nSPS) is 12.2. The number of nitrogens with zero attached hydrogens (tertiary/aromatic N) is 1. The number of hydrogen-bond acceptors (Lipinski definition) is 2. The SMILES string of the molecule is Cc1ccc(C)c(C(O)CC#N)c1. The summed E-state index contributed by atoms with van der Waals surface area (Å²) in [5.41, 5.74) is 3.01. The molecule has 0 fully saturated rings. The van der Waals surface area contributed by atoms with Crippen molar-refractivity contribution in [1.82, 2.24) is 0 Å². The second-order valence-corrected chi connectivity index (χ2v) is 3.24. The van der Waals surface area contributed by atoms with E-state index in [1.54, 1.807) is 0 Å². The summed E-state index contributed by atoms with van der Waals surface area (Å²) in [5.74, 6) is 0. The van der Waals surface area contributed by atoms with Crippen LogP contribution in [-0.2, 0) is 0 Å². The minimum absolute atomic E-state index is 0.157. The molecule has 0 spiro atoms. The zero-order valence-electron chi connectivity index (χ0n) is 7.91. The molecule has 2 heteroatoms. The molecule has 0 aliphatic heterocycles. The van der Waals surface area contributed by atoms with Crippen LogP contribution in [0.25, 0.3) is 0 Å². The van der Waals surface area contributed by atoms with E-state index in [4.69, 9.17) is 5.26 Å². The monoisotopic (exact) mass is 175 g/mol. The molecule has 1 rings (SSSR count). The summed E-state index contributed by atoms with van der Waals surface area (Å²) < 4.78 is 0. The average Bonchev–Trinajstić information content (AvgIpc) is 2.09. The number of aliphatic hydroxyl groups excluding tert-OH is 1. The van der Waals surface area contributed by atoms with E-state index in [0.717, 1.165) is 16.7 Å². The molecule has 0 saturated heterocycles. The minimum atomic E-state index is -0.648. The van der Waals surface area contributed by atoms with E-state index in [1.807, 2.05) is 38.1 Å². The maximum absolute atomic E-state index is 9.60. The Kier molecular flexibility index (Phi) is 3.05. The molecular weight excluding hydrogens is 162 g/mol. The van der Waals surface area contributed by atoms with Crippen LogP contribution in [0.3, 0.4) is 0 Å². The van der Waals surface area contributed by atoms with Gasteiger partial charge in [0.1, 0.15) is 0 Å². The first-order valence-corrected chi connectivity index (χ1v) is 4.27. The van der Waals surface area contributed by atoms with E-state index in [-0.39, 0.29) is 6.42 Å². The quantitative estimate of drug-likeness (QED) is 0.749. The highest BCUT2D eigenvalue weighted by molar-refractivity contribution is 5.32. The van der Waals surface area contributed by atoms with Crippen LogP contribution in [0.15, 0.2) is 18.2 Å². The zero-order valence-corrected chi connectivity index (χ0v) is 7.91. The molecule has 0 bridgehead atoms. The van der Waals surface area contributed by atoms with Crippen LogP contribution in [-0.4, -0.2) is 5.11 Å². The Morgan fingerprint density at radius 1 is 1.46 bits per heavy atom. The lowest BCUT2D eigenvalue weighted by molar-refractivity contribution is 0.182. The lowest BCUT2D eigenvalue weighted by Crippen LogP contribution is -1.99. The molecule has 0 radical (unpaired) electrons. The Labute approximate surface area is 78.4 Å². The summed E-state index contributed by atoms with van der Waals surface area (Å²) in [6.45, 7) is 3.91. The molecule has 0 aliphatic carbocycles. The van der Waals surface area contributed by atoms with Crippen molar-refractivity contribution in [3.63, 3.8) is 0 Å². The predicted molar refractivity (Wildman–Crippen MR) is 51.1 cm³/mol. The summed E-state index contributed by atoms with van der Waals surface area (Å²) >= 11 is 0. The number of aryl methyl sites for hydroxylation is 2. The van der Waals surface area contributed by atoms with Gasteiger partial charge in [-0.05, 0) is 25.0 Å². The molecule has 68 valence electrons. The van der Waals surface area contributed by atoms with Crippen LogP contribution < -0.4 is 0 Å². The fourth-order valence-electron chi connectivity index (χ4n) is 1.32. The maximum Gasteiger partial charge on any atom is 0.0922 e. The van der Waals surface area contributed by atoms with Crippen molar-refractivity contribution in [2.75, 3.05) is 0 Å². The van der Waals surface area contributed by atoms with Gasteiger partial charge in [0, 0.05) is 0 Å². The van der Waals surface area contributed by atoms with E-state index in [9.17, 15) is 5.11 Å². The van der Waals surface area contributed by atoms with Gasteiger partial charge in [-0.15, -0.1) is 0 Å². The molecule has 1 atom stereocenters. The standard InChI is InChI=1S/C11H13NO/c1-8-3-4-9(2)10(7-8)11(13)5-6-12/h3-4,7,11,13H,5H2,1-2H3. The molecule has 1 N–H and O–H groups in total. The van der Waals surface area contributed by atoms with Crippen molar-refractivity contribution < 1.29 is 5.11 Å². The molecule has 1 unspecified atom stereocenters. The Hall–Kier alpha value is -1.33. The number of nitriles is 1. The fraction of sp³-hybridized carbons (Fsp3) is 0.364. The maximum atomic E-state index is 9.60.